The molecule has 1 aromatic rings. The molecule has 0 saturated heterocycles. The number of Topliss-reactive ketones (excluding diaryl/α,β-unsaturated/α-hetero) is 1. The van der Waals surface area contributed by atoms with Crippen molar-refractivity contribution >= 4 is 5.78 Å². The number of hydrogen-bond acceptors (Lipinski definition) is 2. The summed E-state index contributed by atoms with van der Waals surface area (Å²) in [5.41, 5.74) is 1.21. The molecule has 21 heavy (non-hydrogen) atoms. The summed E-state index contributed by atoms with van der Waals surface area (Å²) in [6.07, 6.45) is 5.89. The summed E-state index contributed by atoms with van der Waals surface area (Å²) >= 11 is 0. The predicted molar refractivity (Wildman–Crippen MR) is 80.4 cm³/mol. The highest BCUT2D eigenvalue weighted by molar-refractivity contribution is 5.94. The van der Waals surface area contributed by atoms with E-state index in [2.05, 4.69) is 6.92 Å². The topological polar surface area (TPSA) is 26.3 Å². The summed E-state index contributed by atoms with van der Waals surface area (Å²) in [5, 5.41) is 0. The van der Waals surface area contributed by atoms with Gasteiger partial charge in [0.25, 0.3) is 0 Å². The maximum atomic E-state index is 14.0. The first-order chi connectivity index (χ1) is 10.0. The van der Waals surface area contributed by atoms with Gasteiger partial charge in [-0.05, 0) is 62.0 Å². The van der Waals surface area contributed by atoms with Gasteiger partial charge in [0.15, 0.2) is 5.78 Å². The second kappa shape index (κ2) is 5.78. The SMILES string of the molecule is CC(=O)c1cc(C2CC2)c(OCC2CCC(C)C2)cc1F. The second-order valence-corrected chi connectivity index (χ2v) is 6.80. The molecule has 114 valence electrons. The highest BCUT2D eigenvalue weighted by Crippen LogP contribution is 2.45. The van der Waals surface area contributed by atoms with Crippen LogP contribution in [0.25, 0.3) is 0 Å². The summed E-state index contributed by atoms with van der Waals surface area (Å²) in [7, 11) is 0. The summed E-state index contributed by atoms with van der Waals surface area (Å²) < 4.78 is 20.0. The molecule has 0 aromatic heterocycles. The van der Waals surface area contributed by atoms with E-state index < -0.39 is 5.82 Å². The molecule has 2 nitrogen and oxygen atoms in total. The molecular weight excluding hydrogens is 267 g/mol. The number of ether oxygens (including phenoxy) is 1. The van der Waals surface area contributed by atoms with E-state index in [1.54, 1.807) is 6.07 Å². The molecule has 0 amide bonds. The van der Waals surface area contributed by atoms with E-state index in [0.717, 1.165) is 24.3 Å². The summed E-state index contributed by atoms with van der Waals surface area (Å²) in [4.78, 5) is 11.5. The number of ketones is 1. The first-order valence-corrected chi connectivity index (χ1v) is 8.01. The minimum absolute atomic E-state index is 0.193. The fourth-order valence-corrected chi connectivity index (χ4v) is 3.36. The Balaban J connectivity index is 1.77. The zero-order chi connectivity index (χ0) is 15.0. The zero-order valence-electron chi connectivity index (χ0n) is 12.8. The van der Waals surface area contributed by atoms with Crippen LogP contribution in [0.1, 0.15) is 67.8 Å². The average molecular weight is 290 g/mol. The van der Waals surface area contributed by atoms with Crippen molar-refractivity contribution in [3.63, 3.8) is 0 Å². The second-order valence-electron chi connectivity index (χ2n) is 6.80. The fourth-order valence-electron chi connectivity index (χ4n) is 3.36. The molecule has 2 unspecified atom stereocenters. The Morgan fingerprint density at radius 3 is 2.62 bits per heavy atom. The molecule has 2 saturated carbocycles. The van der Waals surface area contributed by atoms with Crippen molar-refractivity contribution in [2.45, 2.75) is 51.9 Å². The molecule has 3 heteroatoms. The molecule has 0 bridgehead atoms. The summed E-state index contributed by atoms with van der Waals surface area (Å²) in [5.74, 6) is 1.79. The molecule has 0 N–H and O–H groups in total. The van der Waals surface area contributed by atoms with Gasteiger partial charge >= 0.3 is 0 Å². The van der Waals surface area contributed by atoms with E-state index >= 15 is 0 Å². The van der Waals surface area contributed by atoms with Crippen molar-refractivity contribution in [3.8, 4) is 5.75 Å². The monoisotopic (exact) mass is 290 g/mol. The van der Waals surface area contributed by atoms with E-state index in [0.29, 0.717) is 24.2 Å². The number of halogens is 1. The van der Waals surface area contributed by atoms with Gasteiger partial charge in [-0.3, -0.25) is 4.79 Å². The van der Waals surface area contributed by atoms with Crippen molar-refractivity contribution in [2.24, 2.45) is 11.8 Å². The Bertz CT molecular complexity index is 548. The van der Waals surface area contributed by atoms with Gasteiger partial charge in [0.05, 0.1) is 12.2 Å². The van der Waals surface area contributed by atoms with Gasteiger partial charge in [0.2, 0.25) is 0 Å². The van der Waals surface area contributed by atoms with Crippen molar-refractivity contribution in [1.29, 1.82) is 0 Å². The standard InChI is InChI=1S/C18H23FO2/c1-11-3-4-13(7-11)10-21-18-9-17(19)15(12(2)20)8-16(18)14-5-6-14/h8-9,11,13-14H,3-7,10H2,1-2H3. The Hall–Kier alpha value is -1.38. The smallest absolute Gasteiger partial charge is 0.162 e. The largest absolute Gasteiger partial charge is 0.493 e. The van der Waals surface area contributed by atoms with Crippen LogP contribution in [0.2, 0.25) is 0 Å². The minimum Gasteiger partial charge on any atom is -0.493 e. The lowest BCUT2D eigenvalue weighted by molar-refractivity contribution is 0.101. The van der Waals surface area contributed by atoms with Gasteiger partial charge in [-0.25, -0.2) is 4.39 Å². The molecule has 0 aliphatic heterocycles. The maximum Gasteiger partial charge on any atom is 0.162 e. The normalized spacial score (nSPS) is 25.1. The van der Waals surface area contributed by atoms with Crippen molar-refractivity contribution in [1.82, 2.24) is 0 Å². The van der Waals surface area contributed by atoms with Crippen molar-refractivity contribution in [3.05, 3.63) is 29.1 Å². The van der Waals surface area contributed by atoms with Crippen LogP contribution in [0.5, 0.6) is 5.75 Å². The zero-order valence-corrected chi connectivity index (χ0v) is 12.8. The molecule has 0 heterocycles. The Kier molecular flexibility index (Phi) is 4.01. The highest BCUT2D eigenvalue weighted by atomic mass is 19.1. The van der Waals surface area contributed by atoms with Crippen LogP contribution in [-0.4, -0.2) is 12.4 Å². The number of hydrogen-bond donors (Lipinski definition) is 0. The van der Waals surface area contributed by atoms with Gasteiger partial charge in [-0.1, -0.05) is 13.3 Å². The van der Waals surface area contributed by atoms with Crippen molar-refractivity contribution < 1.29 is 13.9 Å². The van der Waals surface area contributed by atoms with E-state index in [1.807, 2.05) is 0 Å². The van der Waals surface area contributed by atoms with Crippen LogP contribution in [0.3, 0.4) is 0 Å². The highest BCUT2D eigenvalue weighted by Gasteiger charge is 2.29. The third-order valence-corrected chi connectivity index (χ3v) is 4.77. The molecule has 3 rings (SSSR count). The van der Waals surface area contributed by atoms with Crippen LogP contribution in [0, 0.1) is 17.7 Å². The third kappa shape index (κ3) is 3.28. The van der Waals surface area contributed by atoms with Crippen LogP contribution >= 0.6 is 0 Å². The summed E-state index contributed by atoms with van der Waals surface area (Å²) in [6.45, 7) is 4.36. The number of benzene rings is 1. The molecule has 2 aliphatic rings. The van der Waals surface area contributed by atoms with Crippen molar-refractivity contribution in [2.75, 3.05) is 6.61 Å². The van der Waals surface area contributed by atoms with Crippen LogP contribution in [0.15, 0.2) is 12.1 Å². The van der Waals surface area contributed by atoms with Crippen LogP contribution < -0.4 is 4.74 Å². The molecule has 2 atom stereocenters. The quantitative estimate of drug-likeness (QED) is 0.733. The lowest BCUT2D eigenvalue weighted by Gasteiger charge is -2.16. The average Bonchev–Trinajstić information content (AvgIpc) is 3.19. The van der Waals surface area contributed by atoms with E-state index in [9.17, 15) is 9.18 Å². The van der Waals surface area contributed by atoms with Gasteiger partial charge < -0.3 is 4.74 Å². The predicted octanol–water partition coefficient (Wildman–Crippen LogP) is 4.72. The number of carbonyl (C=O) groups is 1. The third-order valence-electron chi connectivity index (χ3n) is 4.77. The molecule has 2 aliphatic carbocycles. The van der Waals surface area contributed by atoms with Crippen LogP contribution in [-0.2, 0) is 0 Å². The van der Waals surface area contributed by atoms with Gasteiger partial charge in [0, 0.05) is 6.07 Å². The Labute approximate surface area is 125 Å². The Morgan fingerprint density at radius 2 is 2.05 bits per heavy atom. The van der Waals surface area contributed by atoms with Gasteiger partial charge in [0.1, 0.15) is 11.6 Å². The Morgan fingerprint density at radius 1 is 1.29 bits per heavy atom. The fraction of sp³-hybridized carbons (Fsp3) is 0.611. The molecule has 2 fully saturated rings. The van der Waals surface area contributed by atoms with Gasteiger partial charge in [-0.2, -0.15) is 0 Å². The number of carbonyl (C=O) groups excluding carboxylic acids is 1. The lowest BCUT2D eigenvalue weighted by atomic mass is 10.0. The lowest BCUT2D eigenvalue weighted by Crippen LogP contribution is -2.11. The molecule has 1 aromatic carbocycles. The van der Waals surface area contributed by atoms with E-state index in [-0.39, 0.29) is 11.3 Å². The van der Waals surface area contributed by atoms with Gasteiger partial charge in [-0.15, -0.1) is 0 Å². The maximum absolute atomic E-state index is 14.0. The number of rotatable bonds is 5. The van der Waals surface area contributed by atoms with Crippen LogP contribution in [0.4, 0.5) is 4.39 Å². The minimum atomic E-state index is -0.457. The first-order valence-electron chi connectivity index (χ1n) is 8.01. The molecule has 0 spiro atoms. The first kappa shape index (κ1) is 14.6. The summed E-state index contributed by atoms with van der Waals surface area (Å²) in [6, 6.07) is 3.13. The molecular formula is C18H23FO2. The van der Waals surface area contributed by atoms with E-state index in [4.69, 9.17) is 4.74 Å². The molecule has 0 radical (unpaired) electrons. The van der Waals surface area contributed by atoms with E-state index in [1.165, 1.54) is 32.3 Å².